The second-order valence-corrected chi connectivity index (χ2v) is 5.05. The molecule has 1 saturated carbocycles. The molecule has 1 fully saturated rings. The van der Waals surface area contributed by atoms with Crippen molar-refractivity contribution in [2.75, 3.05) is 5.32 Å². The van der Waals surface area contributed by atoms with E-state index in [1.807, 2.05) is 0 Å². The van der Waals surface area contributed by atoms with Crippen molar-refractivity contribution >= 4 is 5.69 Å². The van der Waals surface area contributed by atoms with E-state index in [0.29, 0.717) is 12.0 Å². The molecule has 1 heteroatoms. The standard InChI is InChI=1S/C14H21N/c1-10(2)13-5-4-6-14(9-13)15-11(3)12-7-8-12/h4-6,9-12,15H,7-8H2,1-3H3/t11-/m0/s1. The van der Waals surface area contributed by atoms with Gasteiger partial charge in [0, 0.05) is 11.7 Å². The van der Waals surface area contributed by atoms with Crippen LogP contribution in [0.15, 0.2) is 24.3 Å². The van der Waals surface area contributed by atoms with Crippen LogP contribution in [-0.4, -0.2) is 6.04 Å². The Bertz CT molecular complexity index is 326. The quantitative estimate of drug-likeness (QED) is 0.779. The van der Waals surface area contributed by atoms with Gasteiger partial charge in [-0.2, -0.15) is 0 Å². The lowest BCUT2D eigenvalue weighted by Crippen LogP contribution is -2.17. The summed E-state index contributed by atoms with van der Waals surface area (Å²) >= 11 is 0. The Balaban J connectivity index is 2.03. The summed E-state index contributed by atoms with van der Waals surface area (Å²) in [6.07, 6.45) is 2.80. The van der Waals surface area contributed by atoms with Crippen molar-refractivity contribution in [3.8, 4) is 0 Å². The van der Waals surface area contributed by atoms with Gasteiger partial charge in [0.15, 0.2) is 0 Å². The molecule has 0 aromatic heterocycles. The molecule has 1 aromatic rings. The van der Waals surface area contributed by atoms with E-state index in [1.54, 1.807) is 0 Å². The average molecular weight is 203 g/mol. The number of nitrogens with one attached hydrogen (secondary N) is 1. The van der Waals surface area contributed by atoms with Gasteiger partial charge in [-0.1, -0.05) is 26.0 Å². The van der Waals surface area contributed by atoms with Crippen molar-refractivity contribution in [2.24, 2.45) is 5.92 Å². The first-order valence-electron chi connectivity index (χ1n) is 6.03. The third-order valence-corrected chi connectivity index (χ3v) is 3.28. The summed E-state index contributed by atoms with van der Waals surface area (Å²) in [5, 5.41) is 3.60. The molecule has 82 valence electrons. The summed E-state index contributed by atoms with van der Waals surface area (Å²) in [7, 11) is 0. The van der Waals surface area contributed by atoms with Crippen LogP contribution in [0.25, 0.3) is 0 Å². The fourth-order valence-electron chi connectivity index (χ4n) is 1.96. The van der Waals surface area contributed by atoms with Gasteiger partial charge in [-0.05, 0) is 49.3 Å². The zero-order valence-electron chi connectivity index (χ0n) is 9.96. The van der Waals surface area contributed by atoms with E-state index in [4.69, 9.17) is 0 Å². The van der Waals surface area contributed by atoms with Crippen molar-refractivity contribution in [3.05, 3.63) is 29.8 Å². The number of hydrogen-bond donors (Lipinski definition) is 1. The molecular weight excluding hydrogens is 182 g/mol. The van der Waals surface area contributed by atoms with Crippen LogP contribution in [-0.2, 0) is 0 Å². The van der Waals surface area contributed by atoms with E-state index in [1.165, 1.54) is 24.1 Å². The molecule has 0 unspecified atom stereocenters. The molecule has 1 nitrogen and oxygen atoms in total. The second-order valence-electron chi connectivity index (χ2n) is 5.05. The van der Waals surface area contributed by atoms with Gasteiger partial charge in [0.2, 0.25) is 0 Å². The van der Waals surface area contributed by atoms with E-state index < -0.39 is 0 Å². The summed E-state index contributed by atoms with van der Waals surface area (Å²) in [6, 6.07) is 9.44. The maximum Gasteiger partial charge on any atom is 0.0345 e. The maximum atomic E-state index is 3.60. The molecule has 0 saturated heterocycles. The maximum absolute atomic E-state index is 3.60. The first kappa shape index (κ1) is 10.5. The fraction of sp³-hybridized carbons (Fsp3) is 0.571. The Morgan fingerprint density at radius 2 is 1.93 bits per heavy atom. The number of hydrogen-bond acceptors (Lipinski definition) is 1. The normalized spacial score (nSPS) is 17.9. The van der Waals surface area contributed by atoms with E-state index in [0.717, 1.165) is 5.92 Å². The first-order valence-corrected chi connectivity index (χ1v) is 6.03. The lowest BCUT2D eigenvalue weighted by atomic mass is 10.0. The minimum Gasteiger partial charge on any atom is -0.382 e. The van der Waals surface area contributed by atoms with Gasteiger partial charge in [0.05, 0.1) is 0 Å². The summed E-state index contributed by atoms with van der Waals surface area (Å²) in [4.78, 5) is 0. The van der Waals surface area contributed by atoms with E-state index >= 15 is 0 Å². The Labute approximate surface area is 92.9 Å². The summed E-state index contributed by atoms with van der Waals surface area (Å²) in [5.41, 5.74) is 2.70. The number of rotatable bonds is 4. The van der Waals surface area contributed by atoms with Crippen molar-refractivity contribution in [2.45, 2.75) is 45.6 Å². The smallest absolute Gasteiger partial charge is 0.0345 e. The van der Waals surface area contributed by atoms with E-state index in [2.05, 4.69) is 50.4 Å². The first-order chi connectivity index (χ1) is 7.16. The molecule has 0 bridgehead atoms. The highest BCUT2D eigenvalue weighted by molar-refractivity contribution is 5.47. The molecule has 1 atom stereocenters. The molecule has 2 rings (SSSR count). The highest BCUT2D eigenvalue weighted by Crippen LogP contribution is 2.34. The van der Waals surface area contributed by atoms with Gasteiger partial charge in [0.1, 0.15) is 0 Å². The summed E-state index contributed by atoms with van der Waals surface area (Å²) in [6.45, 7) is 6.77. The third-order valence-electron chi connectivity index (χ3n) is 3.28. The molecule has 1 aliphatic rings. The molecule has 1 N–H and O–H groups in total. The van der Waals surface area contributed by atoms with E-state index in [-0.39, 0.29) is 0 Å². The second kappa shape index (κ2) is 4.26. The topological polar surface area (TPSA) is 12.0 Å². The van der Waals surface area contributed by atoms with Crippen LogP contribution in [0.2, 0.25) is 0 Å². The molecule has 1 aliphatic carbocycles. The zero-order chi connectivity index (χ0) is 10.8. The van der Waals surface area contributed by atoms with Gasteiger partial charge < -0.3 is 5.32 Å². The predicted molar refractivity (Wildman–Crippen MR) is 66.3 cm³/mol. The Morgan fingerprint density at radius 1 is 1.20 bits per heavy atom. The monoisotopic (exact) mass is 203 g/mol. The van der Waals surface area contributed by atoms with Crippen LogP contribution in [0.3, 0.4) is 0 Å². The molecular formula is C14H21N. The van der Waals surface area contributed by atoms with Crippen LogP contribution in [0, 0.1) is 5.92 Å². The van der Waals surface area contributed by atoms with E-state index in [9.17, 15) is 0 Å². The van der Waals surface area contributed by atoms with Gasteiger partial charge in [-0.25, -0.2) is 0 Å². The van der Waals surface area contributed by atoms with Crippen LogP contribution in [0.1, 0.15) is 45.1 Å². The third kappa shape index (κ3) is 2.74. The lowest BCUT2D eigenvalue weighted by Gasteiger charge is -2.15. The molecule has 0 radical (unpaired) electrons. The van der Waals surface area contributed by atoms with Gasteiger partial charge in [-0.15, -0.1) is 0 Å². The minimum absolute atomic E-state index is 0.614. The number of benzene rings is 1. The van der Waals surface area contributed by atoms with Gasteiger partial charge in [0.25, 0.3) is 0 Å². The largest absolute Gasteiger partial charge is 0.382 e. The molecule has 0 heterocycles. The van der Waals surface area contributed by atoms with Crippen LogP contribution >= 0.6 is 0 Å². The highest BCUT2D eigenvalue weighted by Gasteiger charge is 2.27. The summed E-state index contributed by atoms with van der Waals surface area (Å²) < 4.78 is 0. The SMILES string of the molecule is CC(C)c1cccc(N[C@@H](C)C2CC2)c1. The summed E-state index contributed by atoms with van der Waals surface area (Å²) in [5.74, 6) is 1.52. The van der Waals surface area contributed by atoms with Crippen molar-refractivity contribution < 1.29 is 0 Å². The van der Waals surface area contributed by atoms with Crippen molar-refractivity contribution in [1.82, 2.24) is 0 Å². The lowest BCUT2D eigenvalue weighted by molar-refractivity contribution is 0.694. The van der Waals surface area contributed by atoms with Crippen molar-refractivity contribution in [3.63, 3.8) is 0 Å². The Hall–Kier alpha value is -0.980. The molecule has 0 spiro atoms. The van der Waals surface area contributed by atoms with Gasteiger partial charge >= 0.3 is 0 Å². The van der Waals surface area contributed by atoms with Gasteiger partial charge in [-0.3, -0.25) is 0 Å². The number of anilines is 1. The molecule has 0 aliphatic heterocycles. The molecule has 1 aromatic carbocycles. The Kier molecular flexibility index (Phi) is 2.99. The Morgan fingerprint density at radius 3 is 2.53 bits per heavy atom. The average Bonchev–Trinajstić information content (AvgIpc) is 3.01. The molecule has 0 amide bonds. The highest BCUT2D eigenvalue weighted by atomic mass is 14.9. The molecule has 15 heavy (non-hydrogen) atoms. The fourth-order valence-corrected chi connectivity index (χ4v) is 1.96. The van der Waals surface area contributed by atoms with Crippen LogP contribution < -0.4 is 5.32 Å². The van der Waals surface area contributed by atoms with Crippen LogP contribution in [0.5, 0.6) is 0 Å². The predicted octanol–water partition coefficient (Wildman–Crippen LogP) is 4.02. The van der Waals surface area contributed by atoms with Crippen LogP contribution in [0.4, 0.5) is 5.69 Å². The van der Waals surface area contributed by atoms with Crippen molar-refractivity contribution in [1.29, 1.82) is 0 Å². The minimum atomic E-state index is 0.614. The zero-order valence-corrected chi connectivity index (χ0v) is 9.96.